The molecule has 0 fully saturated rings. The molecule has 0 spiro atoms. The third-order valence-electron chi connectivity index (χ3n) is 3.26. The smallest absolute Gasteiger partial charge is 0.287 e. The summed E-state index contributed by atoms with van der Waals surface area (Å²) in [4.78, 5) is 33.7. The van der Waals surface area contributed by atoms with Gasteiger partial charge in [-0.15, -0.1) is 0 Å². The number of nitro groups is 1. The van der Waals surface area contributed by atoms with E-state index < -0.39 is 10.8 Å². The molecule has 0 unspecified atom stereocenters. The van der Waals surface area contributed by atoms with Crippen LogP contribution >= 0.6 is 11.6 Å². The highest BCUT2D eigenvalue weighted by Crippen LogP contribution is 2.24. The Balaban J connectivity index is 1.85. The van der Waals surface area contributed by atoms with E-state index in [4.69, 9.17) is 11.6 Å². The molecule has 0 aliphatic rings. The molecule has 0 bridgehead atoms. The number of amides is 2. The fourth-order valence-electron chi connectivity index (χ4n) is 2.02. The van der Waals surface area contributed by atoms with Gasteiger partial charge in [0.15, 0.2) is 0 Å². The number of nitrogens with one attached hydrogen (secondary N) is 2. The Morgan fingerprint density at radius 1 is 1.27 bits per heavy atom. The average molecular weight is 375 g/mol. The molecule has 0 aromatic heterocycles. The second kappa shape index (κ2) is 8.72. The van der Waals surface area contributed by atoms with E-state index >= 15 is 0 Å². The van der Waals surface area contributed by atoms with Gasteiger partial charge < -0.3 is 5.32 Å². The molecular weight excluding hydrogens is 360 g/mol. The van der Waals surface area contributed by atoms with E-state index in [1.807, 2.05) is 13.0 Å². The molecule has 2 rings (SSSR count). The lowest BCUT2D eigenvalue weighted by Gasteiger charge is -2.05. The first-order valence-electron chi connectivity index (χ1n) is 7.47. The second-order valence-electron chi connectivity index (χ2n) is 5.31. The minimum absolute atomic E-state index is 0.0318. The Kier molecular flexibility index (Phi) is 6.40. The monoisotopic (exact) mass is 374 g/mol. The van der Waals surface area contributed by atoms with Crippen LogP contribution < -0.4 is 10.7 Å². The van der Waals surface area contributed by atoms with Crippen LogP contribution in [-0.2, 0) is 4.79 Å². The van der Waals surface area contributed by atoms with Gasteiger partial charge in [0, 0.05) is 11.6 Å². The molecule has 9 heteroatoms. The minimum Gasteiger partial charge on any atom is -0.343 e. The largest absolute Gasteiger partial charge is 0.343 e. The van der Waals surface area contributed by atoms with Gasteiger partial charge >= 0.3 is 0 Å². The molecule has 0 atom stereocenters. The molecule has 0 aliphatic carbocycles. The molecule has 2 N–H and O–H groups in total. The van der Waals surface area contributed by atoms with Crippen LogP contribution in [-0.4, -0.2) is 29.5 Å². The fourth-order valence-corrected chi connectivity index (χ4v) is 2.28. The second-order valence-corrected chi connectivity index (χ2v) is 5.72. The van der Waals surface area contributed by atoms with Crippen LogP contribution in [0.2, 0.25) is 5.02 Å². The van der Waals surface area contributed by atoms with E-state index in [0.717, 1.165) is 5.56 Å². The highest BCUT2D eigenvalue weighted by Gasteiger charge is 2.11. The van der Waals surface area contributed by atoms with Gasteiger partial charge in [-0.25, -0.2) is 5.43 Å². The number of hydrazone groups is 1. The van der Waals surface area contributed by atoms with Gasteiger partial charge in [-0.05, 0) is 36.8 Å². The maximum absolute atomic E-state index is 11.9. The van der Waals surface area contributed by atoms with Crippen molar-refractivity contribution in [2.45, 2.75) is 6.92 Å². The topological polar surface area (TPSA) is 114 Å². The van der Waals surface area contributed by atoms with E-state index in [2.05, 4.69) is 15.8 Å². The molecule has 0 saturated carbocycles. The Morgan fingerprint density at radius 3 is 2.69 bits per heavy atom. The summed E-state index contributed by atoms with van der Waals surface area (Å²) in [7, 11) is 0. The van der Waals surface area contributed by atoms with Crippen molar-refractivity contribution in [1.82, 2.24) is 10.7 Å². The summed E-state index contributed by atoms with van der Waals surface area (Å²) in [5, 5.41) is 16.8. The molecule has 0 radical (unpaired) electrons. The highest BCUT2D eigenvalue weighted by atomic mass is 35.5. The van der Waals surface area contributed by atoms with Crippen molar-refractivity contribution < 1.29 is 14.5 Å². The van der Waals surface area contributed by atoms with Gasteiger partial charge in [0.1, 0.15) is 5.02 Å². The molecule has 26 heavy (non-hydrogen) atoms. The van der Waals surface area contributed by atoms with E-state index in [0.29, 0.717) is 11.1 Å². The summed E-state index contributed by atoms with van der Waals surface area (Å²) >= 11 is 5.78. The standard InChI is InChI=1S/C17H15ClN4O4/c1-11-3-2-4-13(7-11)17(24)19-10-16(23)21-20-9-12-5-6-15(22(25)26)14(18)8-12/h2-9H,10H2,1H3,(H,19,24)(H,21,23)/b20-9-. The van der Waals surface area contributed by atoms with Crippen LogP contribution in [0.5, 0.6) is 0 Å². The molecule has 134 valence electrons. The van der Waals surface area contributed by atoms with Gasteiger partial charge in [0.25, 0.3) is 17.5 Å². The van der Waals surface area contributed by atoms with Gasteiger partial charge in [-0.2, -0.15) is 5.10 Å². The van der Waals surface area contributed by atoms with Crippen molar-refractivity contribution in [2.24, 2.45) is 5.10 Å². The number of halogens is 1. The number of carbonyl (C=O) groups excluding carboxylic acids is 2. The van der Waals surface area contributed by atoms with Crippen molar-refractivity contribution in [3.05, 3.63) is 74.3 Å². The summed E-state index contributed by atoms with van der Waals surface area (Å²) in [6.45, 7) is 1.62. The first-order chi connectivity index (χ1) is 12.4. The zero-order valence-electron chi connectivity index (χ0n) is 13.7. The third kappa shape index (κ3) is 5.38. The van der Waals surface area contributed by atoms with Crippen LogP contribution in [0, 0.1) is 17.0 Å². The maximum Gasteiger partial charge on any atom is 0.287 e. The zero-order chi connectivity index (χ0) is 19.1. The van der Waals surface area contributed by atoms with E-state index in [-0.39, 0.29) is 23.2 Å². The number of rotatable bonds is 6. The summed E-state index contributed by atoms with van der Waals surface area (Å²) in [6.07, 6.45) is 1.29. The van der Waals surface area contributed by atoms with Gasteiger partial charge in [-0.1, -0.05) is 29.3 Å². The van der Waals surface area contributed by atoms with Crippen molar-refractivity contribution >= 4 is 35.3 Å². The number of nitrogens with zero attached hydrogens (tertiary/aromatic N) is 2. The first kappa shape index (κ1) is 19.1. The molecule has 0 saturated heterocycles. The van der Waals surface area contributed by atoms with Crippen molar-refractivity contribution in [1.29, 1.82) is 0 Å². The number of aryl methyl sites for hydroxylation is 1. The number of nitro benzene ring substituents is 1. The van der Waals surface area contributed by atoms with Crippen LogP contribution in [0.25, 0.3) is 0 Å². The lowest BCUT2D eigenvalue weighted by molar-refractivity contribution is -0.384. The predicted octanol–water partition coefficient (Wildman–Crippen LogP) is 2.44. The number of hydrogen-bond acceptors (Lipinski definition) is 5. The third-order valence-corrected chi connectivity index (χ3v) is 3.56. The normalized spacial score (nSPS) is 10.5. The fraction of sp³-hybridized carbons (Fsp3) is 0.118. The Labute approximate surface area is 154 Å². The summed E-state index contributed by atoms with van der Waals surface area (Å²) in [6, 6.07) is 11.0. The van der Waals surface area contributed by atoms with E-state index in [1.54, 1.807) is 18.2 Å². The van der Waals surface area contributed by atoms with Crippen molar-refractivity contribution in [2.75, 3.05) is 6.54 Å². The highest BCUT2D eigenvalue weighted by molar-refractivity contribution is 6.32. The average Bonchev–Trinajstić information content (AvgIpc) is 2.59. The molecule has 0 aliphatic heterocycles. The van der Waals surface area contributed by atoms with Crippen LogP contribution in [0.4, 0.5) is 5.69 Å². The van der Waals surface area contributed by atoms with Gasteiger partial charge in [0.2, 0.25) is 0 Å². The summed E-state index contributed by atoms with van der Waals surface area (Å²) < 4.78 is 0. The van der Waals surface area contributed by atoms with Crippen molar-refractivity contribution in [3.63, 3.8) is 0 Å². The number of hydrogen-bond donors (Lipinski definition) is 2. The van der Waals surface area contributed by atoms with Gasteiger partial charge in [-0.3, -0.25) is 19.7 Å². The molecule has 2 aromatic rings. The van der Waals surface area contributed by atoms with Gasteiger partial charge in [0.05, 0.1) is 17.7 Å². The van der Waals surface area contributed by atoms with Crippen LogP contribution in [0.3, 0.4) is 0 Å². The molecule has 2 amide bonds. The molecule has 8 nitrogen and oxygen atoms in total. The summed E-state index contributed by atoms with van der Waals surface area (Å²) in [5.74, 6) is -0.884. The molecular formula is C17H15ClN4O4. The lowest BCUT2D eigenvalue weighted by atomic mass is 10.1. The van der Waals surface area contributed by atoms with Crippen LogP contribution in [0.1, 0.15) is 21.5 Å². The molecule has 2 aromatic carbocycles. The lowest BCUT2D eigenvalue weighted by Crippen LogP contribution is -2.34. The zero-order valence-corrected chi connectivity index (χ0v) is 14.5. The van der Waals surface area contributed by atoms with Crippen molar-refractivity contribution in [3.8, 4) is 0 Å². The Hall–Kier alpha value is -3.26. The maximum atomic E-state index is 11.9. The minimum atomic E-state index is -0.595. The molecule has 0 heterocycles. The Bertz CT molecular complexity index is 883. The number of carbonyl (C=O) groups is 2. The SMILES string of the molecule is Cc1cccc(C(=O)NCC(=O)N/N=C\c2ccc([N+](=O)[O-])c(Cl)c2)c1. The number of benzene rings is 2. The Morgan fingerprint density at radius 2 is 2.04 bits per heavy atom. The predicted molar refractivity (Wildman–Crippen MR) is 97.4 cm³/mol. The quantitative estimate of drug-likeness (QED) is 0.459. The van der Waals surface area contributed by atoms with E-state index in [1.165, 1.54) is 24.4 Å². The van der Waals surface area contributed by atoms with Crippen LogP contribution in [0.15, 0.2) is 47.6 Å². The van der Waals surface area contributed by atoms with E-state index in [9.17, 15) is 19.7 Å². The summed E-state index contributed by atoms with van der Waals surface area (Å²) in [5.41, 5.74) is 3.90. The first-order valence-corrected chi connectivity index (χ1v) is 7.85.